The minimum atomic E-state index is -0.796. The summed E-state index contributed by atoms with van der Waals surface area (Å²) in [5, 5.41) is 19.7. The first-order chi connectivity index (χ1) is 5.21. The molecule has 1 saturated carbocycles. The summed E-state index contributed by atoms with van der Waals surface area (Å²) in [5.41, 5.74) is -0.684. The predicted octanol–water partition coefficient (Wildman–Crippen LogP) is 0.107. The second-order valence-corrected chi connectivity index (χ2v) is 2.72. The SMILES string of the molecule is N#CCCNC1(C(=O)O)CC1. The molecule has 0 atom stereocenters. The average molecular weight is 154 g/mol. The number of hydrogen-bond donors (Lipinski definition) is 2. The maximum Gasteiger partial charge on any atom is 0.323 e. The zero-order chi connectivity index (χ0) is 8.32. The van der Waals surface area contributed by atoms with Crippen molar-refractivity contribution in [3.63, 3.8) is 0 Å². The summed E-state index contributed by atoms with van der Waals surface area (Å²) >= 11 is 0. The van der Waals surface area contributed by atoms with Gasteiger partial charge in [0.15, 0.2) is 0 Å². The van der Waals surface area contributed by atoms with Crippen molar-refractivity contribution in [2.75, 3.05) is 6.54 Å². The van der Waals surface area contributed by atoms with E-state index in [4.69, 9.17) is 10.4 Å². The molecule has 1 fully saturated rings. The summed E-state index contributed by atoms with van der Waals surface area (Å²) in [7, 11) is 0. The van der Waals surface area contributed by atoms with Crippen LogP contribution in [0.3, 0.4) is 0 Å². The Labute approximate surface area is 64.8 Å². The molecule has 0 heterocycles. The minimum Gasteiger partial charge on any atom is -0.480 e. The Bertz CT molecular complexity index is 203. The summed E-state index contributed by atoms with van der Waals surface area (Å²) in [6.45, 7) is 0.475. The Balaban J connectivity index is 2.26. The van der Waals surface area contributed by atoms with Crippen molar-refractivity contribution in [2.24, 2.45) is 0 Å². The lowest BCUT2D eigenvalue weighted by Gasteiger charge is -2.09. The molecule has 0 unspecified atom stereocenters. The molecule has 0 amide bonds. The van der Waals surface area contributed by atoms with Crippen LogP contribution in [0, 0.1) is 11.3 Å². The molecule has 1 rings (SSSR count). The molecule has 0 bridgehead atoms. The van der Waals surface area contributed by atoms with Gasteiger partial charge in [0.2, 0.25) is 0 Å². The standard InChI is InChI=1S/C7H10N2O2/c8-4-1-5-9-7(2-3-7)6(10)11/h9H,1-3,5H2,(H,10,11). The van der Waals surface area contributed by atoms with Crippen LogP contribution in [0.4, 0.5) is 0 Å². The van der Waals surface area contributed by atoms with Crippen molar-refractivity contribution in [1.29, 1.82) is 5.26 Å². The molecule has 0 aromatic carbocycles. The quantitative estimate of drug-likeness (QED) is 0.563. The van der Waals surface area contributed by atoms with E-state index in [1.165, 1.54) is 0 Å². The highest BCUT2D eigenvalue weighted by Crippen LogP contribution is 2.35. The minimum absolute atomic E-state index is 0.370. The van der Waals surface area contributed by atoms with Gasteiger partial charge in [-0.3, -0.25) is 4.79 Å². The maximum absolute atomic E-state index is 10.5. The molecule has 0 aromatic rings. The van der Waals surface area contributed by atoms with Crippen LogP contribution in [-0.4, -0.2) is 23.2 Å². The highest BCUT2D eigenvalue weighted by atomic mass is 16.4. The maximum atomic E-state index is 10.5. The molecule has 1 aliphatic rings. The number of rotatable bonds is 4. The van der Waals surface area contributed by atoms with Crippen LogP contribution in [0.25, 0.3) is 0 Å². The summed E-state index contributed by atoms with van der Waals surface area (Å²) in [4.78, 5) is 10.5. The highest BCUT2D eigenvalue weighted by Gasteiger charge is 2.49. The number of carboxylic acid groups (broad SMARTS) is 1. The van der Waals surface area contributed by atoms with E-state index in [0.29, 0.717) is 25.8 Å². The Morgan fingerprint density at radius 2 is 2.36 bits per heavy atom. The predicted molar refractivity (Wildman–Crippen MR) is 37.8 cm³/mol. The van der Waals surface area contributed by atoms with E-state index in [9.17, 15) is 4.79 Å². The molecule has 60 valence electrons. The van der Waals surface area contributed by atoms with Crippen molar-refractivity contribution in [3.8, 4) is 6.07 Å². The van der Waals surface area contributed by atoms with Gasteiger partial charge in [0.1, 0.15) is 5.54 Å². The van der Waals surface area contributed by atoms with Crippen molar-refractivity contribution >= 4 is 5.97 Å². The Morgan fingerprint density at radius 3 is 2.73 bits per heavy atom. The van der Waals surface area contributed by atoms with Gasteiger partial charge in [-0.1, -0.05) is 0 Å². The van der Waals surface area contributed by atoms with E-state index in [-0.39, 0.29) is 0 Å². The van der Waals surface area contributed by atoms with E-state index < -0.39 is 11.5 Å². The van der Waals surface area contributed by atoms with Crippen LogP contribution in [-0.2, 0) is 4.79 Å². The third-order valence-electron chi connectivity index (χ3n) is 1.86. The van der Waals surface area contributed by atoms with Gasteiger partial charge in [0.25, 0.3) is 0 Å². The molecule has 0 aromatic heterocycles. The molecule has 1 aliphatic carbocycles. The number of nitrogens with zero attached hydrogens (tertiary/aromatic N) is 1. The third kappa shape index (κ3) is 1.69. The molecule has 11 heavy (non-hydrogen) atoms. The molecule has 0 aliphatic heterocycles. The zero-order valence-corrected chi connectivity index (χ0v) is 6.13. The van der Waals surface area contributed by atoms with E-state index >= 15 is 0 Å². The summed E-state index contributed by atoms with van der Waals surface area (Å²) < 4.78 is 0. The van der Waals surface area contributed by atoms with E-state index in [1.807, 2.05) is 6.07 Å². The van der Waals surface area contributed by atoms with Gasteiger partial charge < -0.3 is 10.4 Å². The fourth-order valence-electron chi connectivity index (χ4n) is 0.949. The van der Waals surface area contributed by atoms with Crippen LogP contribution >= 0.6 is 0 Å². The first kappa shape index (κ1) is 8.02. The monoisotopic (exact) mass is 154 g/mol. The first-order valence-electron chi connectivity index (χ1n) is 3.57. The third-order valence-corrected chi connectivity index (χ3v) is 1.86. The van der Waals surface area contributed by atoms with E-state index in [0.717, 1.165) is 0 Å². The van der Waals surface area contributed by atoms with Crippen molar-refractivity contribution in [1.82, 2.24) is 5.32 Å². The molecule has 4 nitrogen and oxygen atoms in total. The van der Waals surface area contributed by atoms with Crippen LogP contribution < -0.4 is 5.32 Å². The number of carboxylic acids is 1. The Morgan fingerprint density at radius 1 is 1.73 bits per heavy atom. The topological polar surface area (TPSA) is 73.1 Å². The van der Waals surface area contributed by atoms with Crippen LogP contribution in [0.5, 0.6) is 0 Å². The smallest absolute Gasteiger partial charge is 0.323 e. The number of carbonyl (C=O) groups is 1. The first-order valence-corrected chi connectivity index (χ1v) is 3.57. The van der Waals surface area contributed by atoms with Gasteiger partial charge in [-0.05, 0) is 12.8 Å². The summed E-state index contributed by atoms with van der Waals surface area (Å²) in [5.74, 6) is -0.796. The van der Waals surface area contributed by atoms with E-state index in [1.54, 1.807) is 0 Å². The normalized spacial score (nSPS) is 18.8. The van der Waals surface area contributed by atoms with Crippen molar-refractivity contribution in [2.45, 2.75) is 24.8 Å². The second kappa shape index (κ2) is 2.89. The van der Waals surface area contributed by atoms with Crippen LogP contribution in [0.2, 0.25) is 0 Å². The summed E-state index contributed by atoms with van der Waals surface area (Å²) in [6, 6.07) is 1.95. The van der Waals surface area contributed by atoms with Crippen molar-refractivity contribution in [3.05, 3.63) is 0 Å². The largest absolute Gasteiger partial charge is 0.480 e. The summed E-state index contributed by atoms with van der Waals surface area (Å²) in [6.07, 6.45) is 1.75. The molecule has 4 heteroatoms. The van der Waals surface area contributed by atoms with Gasteiger partial charge in [-0.15, -0.1) is 0 Å². The van der Waals surface area contributed by atoms with Gasteiger partial charge in [0, 0.05) is 13.0 Å². The number of nitrogens with one attached hydrogen (secondary N) is 1. The van der Waals surface area contributed by atoms with Crippen LogP contribution in [0.15, 0.2) is 0 Å². The molecule has 0 radical (unpaired) electrons. The second-order valence-electron chi connectivity index (χ2n) is 2.72. The lowest BCUT2D eigenvalue weighted by molar-refractivity contribution is -0.140. The van der Waals surface area contributed by atoms with Crippen LogP contribution in [0.1, 0.15) is 19.3 Å². The molecule has 2 N–H and O–H groups in total. The molecule has 0 spiro atoms. The lowest BCUT2D eigenvalue weighted by atomic mass is 10.2. The van der Waals surface area contributed by atoms with Gasteiger partial charge in [-0.25, -0.2) is 0 Å². The highest BCUT2D eigenvalue weighted by molar-refractivity contribution is 5.82. The number of hydrogen-bond acceptors (Lipinski definition) is 3. The molecule has 0 saturated heterocycles. The fraction of sp³-hybridized carbons (Fsp3) is 0.714. The number of aliphatic carboxylic acids is 1. The zero-order valence-electron chi connectivity index (χ0n) is 6.13. The fourth-order valence-corrected chi connectivity index (χ4v) is 0.949. The van der Waals surface area contributed by atoms with Crippen molar-refractivity contribution < 1.29 is 9.90 Å². The van der Waals surface area contributed by atoms with Gasteiger partial charge in [-0.2, -0.15) is 5.26 Å². The van der Waals surface area contributed by atoms with Gasteiger partial charge >= 0.3 is 5.97 Å². The number of nitriles is 1. The molecular weight excluding hydrogens is 144 g/mol. The lowest BCUT2D eigenvalue weighted by Crippen LogP contribution is -2.39. The van der Waals surface area contributed by atoms with Gasteiger partial charge in [0.05, 0.1) is 6.07 Å². The Kier molecular flexibility index (Phi) is 2.11. The van der Waals surface area contributed by atoms with E-state index in [2.05, 4.69) is 5.32 Å². The molecular formula is C7H10N2O2. The Hall–Kier alpha value is -1.08. The average Bonchev–Trinajstić information content (AvgIpc) is 2.70.